The molecule has 0 radical (unpaired) electrons. The van der Waals surface area contributed by atoms with Gasteiger partial charge in [0.25, 0.3) is 12.3 Å². The minimum atomic E-state index is -2.63. The summed E-state index contributed by atoms with van der Waals surface area (Å²) in [6, 6.07) is 14.1. The first-order valence-corrected chi connectivity index (χ1v) is 7.23. The Morgan fingerprint density at radius 1 is 1.04 bits per heavy atom. The zero-order valence-corrected chi connectivity index (χ0v) is 12.8. The van der Waals surface area contributed by atoms with Gasteiger partial charge in [0.2, 0.25) is 0 Å². The second-order valence-corrected chi connectivity index (χ2v) is 5.13. The number of carbonyl (C=O) groups is 2. The van der Waals surface area contributed by atoms with Crippen LogP contribution in [0.5, 0.6) is 0 Å². The van der Waals surface area contributed by atoms with Crippen molar-refractivity contribution in [1.82, 2.24) is 4.90 Å². The summed E-state index contributed by atoms with van der Waals surface area (Å²) in [6.07, 6.45) is -2.63. The molecule has 7 heteroatoms. The molecule has 0 bridgehead atoms. The minimum Gasteiger partial charge on any atom is -0.351 e. The van der Waals surface area contributed by atoms with Gasteiger partial charge >= 0.3 is 6.03 Å². The highest BCUT2D eigenvalue weighted by atomic mass is 19.3. The number of nitrogens with zero attached hydrogens (tertiary/aromatic N) is 1. The van der Waals surface area contributed by atoms with Crippen LogP contribution >= 0.6 is 0 Å². The van der Waals surface area contributed by atoms with Crippen molar-refractivity contribution in [1.29, 1.82) is 0 Å². The molecule has 24 heavy (non-hydrogen) atoms. The van der Waals surface area contributed by atoms with Gasteiger partial charge in [0.15, 0.2) is 0 Å². The van der Waals surface area contributed by atoms with Crippen molar-refractivity contribution < 1.29 is 18.4 Å². The van der Waals surface area contributed by atoms with Gasteiger partial charge in [0, 0.05) is 17.8 Å². The first-order valence-electron chi connectivity index (χ1n) is 7.23. The van der Waals surface area contributed by atoms with Crippen LogP contribution in [0.1, 0.15) is 15.9 Å². The lowest BCUT2D eigenvalue weighted by Crippen LogP contribution is -2.34. The van der Waals surface area contributed by atoms with Crippen molar-refractivity contribution in [3.05, 3.63) is 65.7 Å². The van der Waals surface area contributed by atoms with Crippen LogP contribution in [0.3, 0.4) is 0 Å². The molecule has 3 N–H and O–H groups in total. The van der Waals surface area contributed by atoms with E-state index in [1.54, 1.807) is 24.3 Å². The van der Waals surface area contributed by atoms with Crippen LogP contribution in [-0.2, 0) is 6.54 Å². The molecule has 2 aromatic carbocycles. The highest BCUT2D eigenvalue weighted by Crippen LogP contribution is 2.15. The summed E-state index contributed by atoms with van der Waals surface area (Å²) in [5.41, 5.74) is 6.44. The Bertz CT molecular complexity index is 691. The maximum Gasteiger partial charge on any atom is 0.316 e. The maximum atomic E-state index is 12.8. The van der Waals surface area contributed by atoms with Gasteiger partial charge in [-0.2, -0.15) is 0 Å². The second-order valence-electron chi connectivity index (χ2n) is 5.13. The summed E-state index contributed by atoms with van der Waals surface area (Å²) in [5.74, 6) is -0.509. The molecule has 0 atom stereocenters. The predicted octanol–water partition coefficient (Wildman–Crippen LogP) is 3.08. The van der Waals surface area contributed by atoms with Crippen molar-refractivity contribution in [2.45, 2.75) is 13.0 Å². The number of hydrogen-bond donors (Lipinski definition) is 2. The fourth-order valence-electron chi connectivity index (χ4n) is 2.21. The number of urea groups is 1. The van der Waals surface area contributed by atoms with Gasteiger partial charge in [-0.3, -0.25) is 4.79 Å². The summed E-state index contributed by atoms with van der Waals surface area (Å²) >= 11 is 0. The Labute approximate surface area is 138 Å². The third-order valence-electron chi connectivity index (χ3n) is 3.26. The average Bonchev–Trinajstić information content (AvgIpc) is 2.54. The molecule has 0 spiro atoms. The van der Waals surface area contributed by atoms with Crippen LogP contribution in [0.15, 0.2) is 54.6 Å². The van der Waals surface area contributed by atoms with E-state index in [9.17, 15) is 18.4 Å². The Hall–Kier alpha value is -2.96. The van der Waals surface area contributed by atoms with Crippen molar-refractivity contribution in [2.75, 3.05) is 11.9 Å². The molecule has 2 rings (SSSR count). The van der Waals surface area contributed by atoms with Crippen molar-refractivity contribution >= 4 is 17.6 Å². The molecule has 0 saturated carbocycles. The molecular weight excluding hydrogens is 316 g/mol. The van der Waals surface area contributed by atoms with Gasteiger partial charge in [-0.25, -0.2) is 13.6 Å². The molecule has 0 fully saturated rings. The fraction of sp³-hybridized carbons (Fsp3) is 0.176. The first kappa shape index (κ1) is 17.4. The SMILES string of the molecule is NC(=O)Nc1ccc(C(=O)N(Cc2ccccc2)CC(F)F)cc1. The molecule has 3 amide bonds. The van der Waals surface area contributed by atoms with E-state index in [0.29, 0.717) is 5.69 Å². The van der Waals surface area contributed by atoms with E-state index in [1.165, 1.54) is 24.3 Å². The summed E-state index contributed by atoms with van der Waals surface area (Å²) < 4.78 is 25.6. The zero-order valence-electron chi connectivity index (χ0n) is 12.8. The number of alkyl halides is 2. The van der Waals surface area contributed by atoms with E-state index >= 15 is 0 Å². The minimum absolute atomic E-state index is 0.0886. The molecule has 0 saturated heterocycles. The molecule has 126 valence electrons. The molecule has 0 unspecified atom stereocenters. The summed E-state index contributed by atoms with van der Waals surface area (Å²) in [6.45, 7) is -0.569. The highest BCUT2D eigenvalue weighted by molar-refractivity contribution is 5.95. The normalized spacial score (nSPS) is 10.5. The van der Waals surface area contributed by atoms with Crippen molar-refractivity contribution in [3.63, 3.8) is 0 Å². The van der Waals surface area contributed by atoms with Gasteiger partial charge in [-0.15, -0.1) is 0 Å². The fourth-order valence-corrected chi connectivity index (χ4v) is 2.21. The second kappa shape index (κ2) is 8.05. The Kier molecular flexibility index (Phi) is 5.83. The summed E-state index contributed by atoms with van der Waals surface area (Å²) in [4.78, 5) is 24.4. The van der Waals surface area contributed by atoms with E-state index in [2.05, 4.69) is 5.32 Å². The number of nitrogens with two attached hydrogens (primary N) is 1. The van der Waals surface area contributed by atoms with E-state index in [-0.39, 0.29) is 12.1 Å². The highest BCUT2D eigenvalue weighted by Gasteiger charge is 2.20. The quantitative estimate of drug-likeness (QED) is 0.852. The van der Waals surface area contributed by atoms with Gasteiger partial charge in [-0.05, 0) is 29.8 Å². The van der Waals surface area contributed by atoms with Gasteiger partial charge in [0.1, 0.15) is 0 Å². The number of amides is 3. The molecule has 0 aliphatic heterocycles. The monoisotopic (exact) mass is 333 g/mol. The van der Waals surface area contributed by atoms with E-state index in [0.717, 1.165) is 10.5 Å². The molecule has 0 aromatic heterocycles. The summed E-state index contributed by atoms with van der Waals surface area (Å²) in [7, 11) is 0. The molecule has 5 nitrogen and oxygen atoms in total. The van der Waals surface area contributed by atoms with Crippen LogP contribution in [-0.4, -0.2) is 29.8 Å². The van der Waals surface area contributed by atoms with Crippen molar-refractivity contribution in [2.24, 2.45) is 5.73 Å². The molecule has 2 aromatic rings. The lowest BCUT2D eigenvalue weighted by Gasteiger charge is -2.22. The van der Waals surface area contributed by atoms with E-state index < -0.39 is 24.9 Å². The Morgan fingerprint density at radius 2 is 1.67 bits per heavy atom. The van der Waals surface area contributed by atoms with E-state index in [4.69, 9.17) is 5.73 Å². The number of anilines is 1. The first-order chi connectivity index (χ1) is 11.5. The number of benzene rings is 2. The molecule has 0 heterocycles. The van der Waals surface area contributed by atoms with Crippen LogP contribution in [0.4, 0.5) is 19.3 Å². The van der Waals surface area contributed by atoms with E-state index in [1.807, 2.05) is 6.07 Å². The third kappa shape index (κ3) is 5.05. The van der Waals surface area contributed by atoms with Crippen LogP contribution in [0.2, 0.25) is 0 Å². The van der Waals surface area contributed by atoms with Gasteiger partial charge < -0.3 is 16.0 Å². The smallest absolute Gasteiger partial charge is 0.316 e. The maximum absolute atomic E-state index is 12.8. The average molecular weight is 333 g/mol. The standard InChI is InChI=1S/C17H17F2N3O2/c18-15(19)11-22(10-12-4-2-1-3-5-12)16(23)13-6-8-14(9-7-13)21-17(20)24/h1-9,15H,10-11H2,(H3,20,21,24). The number of carbonyl (C=O) groups excluding carboxylic acids is 2. The Morgan fingerprint density at radius 3 is 2.21 bits per heavy atom. The number of nitrogens with one attached hydrogen (secondary N) is 1. The summed E-state index contributed by atoms with van der Waals surface area (Å²) in [5, 5.41) is 2.37. The van der Waals surface area contributed by atoms with Crippen LogP contribution in [0, 0.1) is 0 Å². The van der Waals surface area contributed by atoms with Gasteiger partial charge in [0.05, 0.1) is 6.54 Å². The van der Waals surface area contributed by atoms with Gasteiger partial charge in [-0.1, -0.05) is 30.3 Å². The van der Waals surface area contributed by atoms with Crippen molar-refractivity contribution in [3.8, 4) is 0 Å². The number of primary amides is 1. The molecular formula is C17H17F2N3O2. The number of rotatable bonds is 6. The number of hydrogen-bond acceptors (Lipinski definition) is 2. The molecule has 0 aliphatic carbocycles. The lowest BCUT2D eigenvalue weighted by atomic mass is 10.1. The Balaban J connectivity index is 2.16. The zero-order chi connectivity index (χ0) is 17.5. The van der Waals surface area contributed by atoms with Crippen LogP contribution < -0.4 is 11.1 Å². The van der Waals surface area contributed by atoms with Crippen LogP contribution in [0.25, 0.3) is 0 Å². The third-order valence-corrected chi connectivity index (χ3v) is 3.26. The number of halogens is 2. The predicted molar refractivity (Wildman–Crippen MR) is 86.8 cm³/mol. The molecule has 0 aliphatic rings. The largest absolute Gasteiger partial charge is 0.351 e. The lowest BCUT2D eigenvalue weighted by molar-refractivity contribution is 0.0535. The topological polar surface area (TPSA) is 75.4 Å².